The Balaban J connectivity index is 1.71. The number of non-ortho nitro benzene ring substituents is 1. The minimum absolute atomic E-state index is 0.0465. The molecular formula is C17H10F3N3O5. The van der Waals surface area contributed by atoms with Crippen LogP contribution in [0.4, 0.5) is 24.5 Å². The average Bonchev–Trinajstić information content (AvgIpc) is 2.86. The van der Waals surface area contributed by atoms with E-state index in [-0.39, 0.29) is 22.5 Å². The van der Waals surface area contributed by atoms with Gasteiger partial charge in [-0.1, -0.05) is 0 Å². The van der Waals surface area contributed by atoms with Gasteiger partial charge in [-0.3, -0.25) is 29.4 Å². The van der Waals surface area contributed by atoms with Gasteiger partial charge in [0.05, 0.1) is 21.6 Å². The molecule has 3 amide bonds. The van der Waals surface area contributed by atoms with Crippen molar-refractivity contribution < 1.29 is 32.5 Å². The maximum absolute atomic E-state index is 12.5. The smallest absolute Gasteiger partial charge is 0.325 e. The minimum atomic E-state index is -4.52. The summed E-state index contributed by atoms with van der Waals surface area (Å²) < 4.78 is 37.6. The third-order valence-electron chi connectivity index (χ3n) is 3.96. The molecule has 0 spiro atoms. The lowest BCUT2D eigenvalue weighted by atomic mass is 10.1. The van der Waals surface area contributed by atoms with Crippen LogP contribution in [0.25, 0.3) is 0 Å². The molecular weight excluding hydrogens is 383 g/mol. The van der Waals surface area contributed by atoms with E-state index in [9.17, 15) is 37.7 Å². The Hall–Kier alpha value is -3.76. The Bertz CT molecular complexity index is 1000. The number of amides is 3. The molecule has 0 aliphatic carbocycles. The number of fused-ring (bicyclic) bond motifs is 1. The fourth-order valence-electron chi connectivity index (χ4n) is 2.62. The van der Waals surface area contributed by atoms with E-state index in [1.54, 1.807) is 0 Å². The monoisotopic (exact) mass is 393 g/mol. The molecule has 2 aromatic rings. The molecule has 1 aliphatic rings. The fraction of sp³-hybridized carbons (Fsp3) is 0.118. The number of imide groups is 1. The van der Waals surface area contributed by atoms with Crippen LogP contribution in [0, 0.1) is 10.1 Å². The molecule has 0 saturated carbocycles. The lowest BCUT2D eigenvalue weighted by Crippen LogP contribution is -2.37. The Morgan fingerprint density at radius 2 is 1.64 bits per heavy atom. The van der Waals surface area contributed by atoms with Crippen LogP contribution in [0.5, 0.6) is 0 Å². The zero-order valence-electron chi connectivity index (χ0n) is 13.8. The molecule has 8 nitrogen and oxygen atoms in total. The number of carbonyl (C=O) groups is 3. The van der Waals surface area contributed by atoms with Crippen LogP contribution in [-0.2, 0) is 11.0 Å². The molecule has 2 aromatic carbocycles. The van der Waals surface area contributed by atoms with E-state index in [2.05, 4.69) is 5.32 Å². The van der Waals surface area contributed by atoms with Crippen molar-refractivity contribution >= 4 is 29.1 Å². The van der Waals surface area contributed by atoms with Gasteiger partial charge in [0.25, 0.3) is 17.5 Å². The maximum Gasteiger partial charge on any atom is 0.416 e. The van der Waals surface area contributed by atoms with Crippen LogP contribution in [-0.4, -0.2) is 34.1 Å². The molecule has 0 atom stereocenters. The first-order valence-electron chi connectivity index (χ1n) is 7.69. The number of nitro groups is 1. The Labute approximate surface area is 154 Å². The molecule has 1 aliphatic heterocycles. The number of nitro benzene ring substituents is 1. The molecule has 1 heterocycles. The second-order valence-electron chi connectivity index (χ2n) is 5.81. The largest absolute Gasteiger partial charge is 0.416 e. The number of rotatable bonds is 4. The van der Waals surface area contributed by atoms with Gasteiger partial charge >= 0.3 is 6.18 Å². The number of alkyl halides is 3. The highest BCUT2D eigenvalue weighted by Crippen LogP contribution is 2.30. The second-order valence-corrected chi connectivity index (χ2v) is 5.81. The van der Waals surface area contributed by atoms with Crippen molar-refractivity contribution in [2.75, 3.05) is 11.9 Å². The second kappa shape index (κ2) is 6.76. The van der Waals surface area contributed by atoms with Crippen LogP contribution < -0.4 is 5.32 Å². The van der Waals surface area contributed by atoms with Gasteiger partial charge in [0.1, 0.15) is 6.54 Å². The van der Waals surface area contributed by atoms with Gasteiger partial charge < -0.3 is 5.32 Å². The molecule has 0 unspecified atom stereocenters. The Morgan fingerprint density at radius 3 is 2.21 bits per heavy atom. The lowest BCUT2D eigenvalue weighted by Gasteiger charge is -2.14. The first-order chi connectivity index (χ1) is 13.1. The van der Waals surface area contributed by atoms with E-state index in [4.69, 9.17) is 0 Å². The van der Waals surface area contributed by atoms with Gasteiger partial charge in [0, 0.05) is 17.8 Å². The van der Waals surface area contributed by atoms with Crippen LogP contribution >= 0.6 is 0 Å². The fourth-order valence-corrected chi connectivity index (χ4v) is 2.62. The van der Waals surface area contributed by atoms with Crippen LogP contribution in [0.15, 0.2) is 42.5 Å². The van der Waals surface area contributed by atoms with Crippen molar-refractivity contribution in [3.05, 3.63) is 69.3 Å². The van der Waals surface area contributed by atoms with Crippen LogP contribution in [0.2, 0.25) is 0 Å². The molecule has 11 heteroatoms. The Morgan fingerprint density at radius 1 is 1.04 bits per heavy atom. The molecule has 0 fully saturated rings. The van der Waals surface area contributed by atoms with E-state index >= 15 is 0 Å². The van der Waals surface area contributed by atoms with E-state index in [1.165, 1.54) is 0 Å². The summed E-state index contributed by atoms with van der Waals surface area (Å²) >= 11 is 0. The van der Waals surface area contributed by atoms with Crippen LogP contribution in [0.3, 0.4) is 0 Å². The van der Waals surface area contributed by atoms with E-state index in [1.807, 2.05) is 0 Å². The number of hydrogen-bond acceptors (Lipinski definition) is 5. The van der Waals surface area contributed by atoms with E-state index in [0.717, 1.165) is 42.5 Å². The summed E-state index contributed by atoms with van der Waals surface area (Å²) in [5, 5.41) is 13.1. The molecule has 28 heavy (non-hydrogen) atoms. The van der Waals surface area contributed by atoms with Gasteiger partial charge in [0.2, 0.25) is 5.91 Å². The summed E-state index contributed by atoms with van der Waals surface area (Å²) in [5.74, 6) is -2.48. The number of anilines is 1. The van der Waals surface area contributed by atoms with E-state index in [0.29, 0.717) is 4.90 Å². The summed E-state index contributed by atoms with van der Waals surface area (Å²) in [4.78, 5) is 47.3. The van der Waals surface area contributed by atoms with Crippen molar-refractivity contribution in [2.45, 2.75) is 6.18 Å². The van der Waals surface area contributed by atoms with Gasteiger partial charge in [-0.2, -0.15) is 13.2 Å². The predicted molar refractivity (Wildman–Crippen MR) is 88.5 cm³/mol. The SMILES string of the molecule is O=C(CN1C(=O)c2ccc([N+](=O)[O-])cc2C1=O)Nc1ccc(C(F)(F)F)cc1. The lowest BCUT2D eigenvalue weighted by molar-refractivity contribution is -0.384. The molecule has 0 saturated heterocycles. The van der Waals surface area contributed by atoms with E-state index < -0.39 is 40.9 Å². The summed E-state index contributed by atoms with van der Waals surface area (Å²) in [6.07, 6.45) is -4.52. The van der Waals surface area contributed by atoms with Crippen molar-refractivity contribution in [3.63, 3.8) is 0 Å². The topological polar surface area (TPSA) is 110 Å². The summed E-state index contributed by atoms with van der Waals surface area (Å²) in [7, 11) is 0. The summed E-state index contributed by atoms with van der Waals surface area (Å²) in [6.45, 7) is -0.693. The summed E-state index contributed by atoms with van der Waals surface area (Å²) in [5.41, 5.74) is -1.49. The molecule has 0 bridgehead atoms. The number of nitrogens with zero attached hydrogens (tertiary/aromatic N) is 2. The third-order valence-corrected chi connectivity index (χ3v) is 3.96. The quantitative estimate of drug-likeness (QED) is 0.488. The standard InChI is InChI=1S/C17H10F3N3O5/c18-17(19,20)9-1-3-10(4-2-9)21-14(24)8-22-15(25)12-6-5-11(23(27)28)7-13(12)16(22)26/h1-7H,8H2,(H,21,24). The number of nitrogens with one attached hydrogen (secondary N) is 1. The molecule has 0 aromatic heterocycles. The summed E-state index contributed by atoms with van der Waals surface area (Å²) in [6, 6.07) is 6.76. The van der Waals surface area contributed by atoms with Crippen molar-refractivity contribution in [3.8, 4) is 0 Å². The molecule has 0 radical (unpaired) electrons. The van der Waals surface area contributed by atoms with Gasteiger partial charge in [-0.15, -0.1) is 0 Å². The molecule has 144 valence electrons. The maximum atomic E-state index is 12.5. The third kappa shape index (κ3) is 3.54. The van der Waals surface area contributed by atoms with Crippen molar-refractivity contribution in [2.24, 2.45) is 0 Å². The van der Waals surface area contributed by atoms with Crippen molar-refractivity contribution in [1.82, 2.24) is 4.90 Å². The molecule has 3 rings (SSSR count). The highest BCUT2D eigenvalue weighted by Gasteiger charge is 2.38. The minimum Gasteiger partial charge on any atom is -0.325 e. The highest BCUT2D eigenvalue weighted by molar-refractivity contribution is 6.23. The first-order valence-corrected chi connectivity index (χ1v) is 7.69. The normalized spacial score (nSPS) is 13.5. The Kier molecular flexibility index (Phi) is 4.59. The zero-order valence-corrected chi connectivity index (χ0v) is 13.8. The average molecular weight is 393 g/mol. The predicted octanol–water partition coefficient (Wildman–Crippen LogP) is 2.85. The van der Waals surface area contributed by atoms with Gasteiger partial charge in [0.15, 0.2) is 0 Å². The number of hydrogen-bond donors (Lipinski definition) is 1. The zero-order chi connectivity index (χ0) is 20.6. The number of halogens is 3. The van der Waals surface area contributed by atoms with Gasteiger partial charge in [-0.25, -0.2) is 0 Å². The first kappa shape index (κ1) is 19.0. The number of carbonyl (C=O) groups excluding carboxylic acids is 3. The van der Waals surface area contributed by atoms with Crippen LogP contribution in [0.1, 0.15) is 26.3 Å². The van der Waals surface area contributed by atoms with Crippen molar-refractivity contribution in [1.29, 1.82) is 0 Å². The number of benzene rings is 2. The molecule has 1 N–H and O–H groups in total. The van der Waals surface area contributed by atoms with Gasteiger partial charge in [-0.05, 0) is 30.3 Å². The highest BCUT2D eigenvalue weighted by atomic mass is 19.4.